The van der Waals surface area contributed by atoms with Crippen molar-refractivity contribution in [2.75, 3.05) is 26.7 Å². The average Bonchev–Trinajstić information content (AvgIpc) is 2.26. The van der Waals surface area contributed by atoms with Gasteiger partial charge in [0.15, 0.2) is 0 Å². The summed E-state index contributed by atoms with van der Waals surface area (Å²) in [7, 11) is 1.86. The van der Waals surface area contributed by atoms with E-state index in [2.05, 4.69) is 5.32 Å². The first kappa shape index (κ1) is 14.4. The van der Waals surface area contributed by atoms with Crippen LogP contribution in [0.2, 0.25) is 5.02 Å². The third-order valence-electron chi connectivity index (χ3n) is 2.45. The first-order chi connectivity index (χ1) is 8.04. The molecule has 0 spiro atoms. The van der Waals surface area contributed by atoms with E-state index in [-0.39, 0.29) is 5.02 Å². The van der Waals surface area contributed by atoms with Crippen molar-refractivity contribution in [1.29, 1.82) is 0 Å². The molecule has 0 aromatic heterocycles. The van der Waals surface area contributed by atoms with Gasteiger partial charge in [0.25, 0.3) is 0 Å². The van der Waals surface area contributed by atoms with Crippen LogP contribution in [0.4, 0.5) is 8.78 Å². The maximum absolute atomic E-state index is 13.5. The molecule has 1 aromatic carbocycles. The van der Waals surface area contributed by atoms with Crippen molar-refractivity contribution in [3.8, 4) is 0 Å². The number of halogens is 3. The number of benzene rings is 1. The van der Waals surface area contributed by atoms with Crippen LogP contribution in [0.25, 0.3) is 0 Å². The first-order valence-corrected chi connectivity index (χ1v) is 5.95. The lowest BCUT2D eigenvalue weighted by Gasteiger charge is -2.17. The van der Waals surface area contributed by atoms with Crippen molar-refractivity contribution < 1.29 is 8.78 Å². The number of likely N-dealkylation sites (N-methyl/N-ethyl adjacent to an activating group) is 2. The molecule has 0 radical (unpaired) electrons. The Morgan fingerprint density at radius 3 is 2.65 bits per heavy atom. The maximum atomic E-state index is 13.5. The summed E-state index contributed by atoms with van der Waals surface area (Å²) >= 11 is 5.49. The summed E-state index contributed by atoms with van der Waals surface area (Å²) in [5.41, 5.74) is 0.325. The molecule has 0 unspecified atom stereocenters. The van der Waals surface area contributed by atoms with Crippen LogP contribution in [0.5, 0.6) is 0 Å². The molecular weight excluding hydrogens is 246 g/mol. The summed E-state index contributed by atoms with van der Waals surface area (Å²) in [4.78, 5) is 1.93. The molecule has 17 heavy (non-hydrogen) atoms. The summed E-state index contributed by atoms with van der Waals surface area (Å²) in [6, 6.07) is 2.17. The molecule has 5 heteroatoms. The Balaban J connectivity index is 2.58. The molecule has 0 atom stereocenters. The van der Waals surface area contributed by atoms with Gasteiger partial charge in [-0.1, -0.05) is 18.5 Å². The van der Waals surface area contributed by atoms with E-state index in [9.17, 15) is 8.78 Å². The minimum atomic E-state index is -0.580. The normalized spacial score (nSPS) is 11.2. The molecule has 0 saturated heterocycles. The molecule has 2 nitrogen and oxygen atoms in total. The third kappa shape index (κ3) is 4.58. The molecule has 0 aliphatic rings. The highest BCUT2D eigenvalue weighted by molar-refractivity contribution is 6.30. The van der Waals surface area contributed by atoms with Crippen molar-refractivity contribution in [2.45, 2.75) is 13.5 Å². The van der Waals surface area contributed by atoms with Gasteiger partial charge in [0.1, 0.15) is 11.6 Å². The van der Waals surface area contributed by atoms with Gasteiger partial charge in [0, 0.05) is 25.2 Å². The van der Waals surface area contributed by atoms with Crippen LogP contribution in [0.15, 0.2) is 12.1 Å². The lowest BCUT2D eigenvalue weighted by molar-refractivity contribution is 0.319. The Morgan fingerprint density at radius 2 is 2.00 bits per heavy atom. The second-order valence-corrected chi connectivity index (χ2v) is 4.36. The Hall–Kier alpha value is -0.710. The van der Waals surface area contributed by atoms with Gasteiger partial charge in [0.2, 0.25) is 0 Å². The van der Waals surface area contributed by atoms with Crippen molar-refractivity contribution in [3.63, 3.8) is 0 Å². The van der Waals surface area contributed by atoms with Crippen LogP contribution in [0.1, 0.15) is 12.5 Å². The average molecular weight is 263 g/mol. The predicted octanol–water partition coefficient (Wildman–Crippen LogP) is 2.66. The Morgan fingerprint density at radius 1 is 1.29 bits per heavy atom. The molecule has 0 aliphatic carbocycles. The zero-order chi connectivity index (χ0) is 12.8. The van der Waals surface area contributed by atoms with E-state index in [1.807, 2.05) is 18.9 Å². The van der Waals surface area contributed by atoms with Gasteiger partial charge in [-0.05, 0) is 25.7 Å². The summed E-state index contributed by atoms with van der Waals surface area (Å²) in [5, 5.41) is 2.99. The van der Waals surface area contributed by atoms with Gasteiger partial charge in [0.05, 0.1) is 5.02 Å². The van der Waals surface area contributed by atoms with Crippen LogP contribution in [-0.4, -0.2) is 31.6 Å². The largest absolute Gasteiger partial charge is 0.316 e. The zero-order valence-corrected chi connectivity index (χ0v) is 10.8. The van der Waals surface area contributed by atoms with Crippen LogP contribution >= 0.6 is 11.6 Å². The summed E-state index contributed by atoms with van der Waals surface area (Å²) in [5.74, 6) is -1.05. The van der Waals surface area contributed by atoms with E-state index in [1.54, 1.807) is 0 Å². The fourth-order valence-corrected chi connectivity index (χ4v) is 1.65. The summed E-state index contributed by atoms with van der Waals surface area (Å²) in [6.45, 7) is 4.89. The van der Waals surface area contributed by atoms with E-state index in [0.717, 1.165) is 31.8 Å². The number of nitrogens with one attached hydrogen (secondary N) is 1. The van der Waals surface area contributed by atoms with Gasteiger partial charge in [-0.2, -0.15) is 0 Å². The Kier molecular flexibility index (Phi) is 5.82. The van der Waals surface area contributed by atoms with Crippen molar-refractivity contribution >= 4 is 11.6 Å². The van der Waals surface area contributed by atoms with Gasteiger partial charge >= 0.3 is 0 Å². The number of nitrogens with zero attached hydrogens (tertiary/aromatic N) is 1. The molecule has 0 fully saturated rings. The molecule has 0 aliphatic heterocycles. The first-order valence-electron chi connectivity index (χ1n) is 5.57. The smallest absolute Gasteiger partial charge is 0.142 e. The lowest BCUT2D eigenvalue weighted by atomic mass is 10.2. The number of rotatable bonds is 6. The van der Waals surface area contributed by atoms with E-state index >= 15 is 0 Å². The van der Waals surface area contributed by atoms with Crippen molar-refractivity contribution in [2.24, 2.45) is 0 Å². The third-order valence-corrected chi connectivity index (χ3v) is 2.74. The van der Waals surface area contributed by atoms with Crippen molar-refractivity contribution in [3.05, 3.63) is 34.4 Å². The maximum Gasteiger partial charge on any atom is 0.142 e. The minimum absolute atomic E-state index is 0.179. The fraction of sp³-hybridized carbons (Fsp3) is 0.500. The summed E-state index contributed by atoms with van der Waals surface area (Å²) < 4.78 is 26.7. The summed E-state index contributed by atoms with van der Waals surface area (Å²) in [6.07, 6.45) is 0. The molecule has 0 saturated carbocycles. The molecule has 1 N–H and O–H groups in total. The van der Waals surface area contributed by atoms with Crippen LogP contribution in [0, 0.1) is 11.6 Å². The Bertz CT molecular complexity index is 372. The quantitative estimate of drug-likeness (QED) is 0.626. The van der Waals surface area contributed by atoms with E-state index in [0.29, 0.717) is 12.1 Å². The molecule has 0 heterocycles. The zero-order valence-electron chi connectivity index (χ0n) is 10.1. The second-order valence-electron chi connectivity index (χ2n) is 3.95. The lowest BCUT2D eigenvalue weighted by Crippen LogP contribution is -2.29. The van der Waals surface area contributed by atoms with Gasteiger partial charge in [-0.25, -0.2) is 8.78 Å². The fourth-order valence-electron chi connectivity index (χ4n) is 1.50. The van der Waals surface area contributed by atoms with Crippen LogP contribution in [-0.2, 0) is 6.54 Å². The number of hydrogen-bond acceptors (Lipinski definition) is 2. The second kappa shape index (κ2) is 6.89. The van der Waals surface area contributed by atoms with Gasteiger partial charge < -0.3 is 10.2 Å². The molecule has 0 amide bonds. The highest BCUT2D eigenvalue weighted by Crippen LogP contribution is 2.20. The predicted molar refractivity (Wildman–Crippen MR) is 66.2 cm³/mol. The topological polar surface area (TPSA) is 15.3 Å². The number of hydrogen-bond donors (Lipinski definition) is 1. The molecule has 1 rings (SSSR count). The van der Waals surface area contributed by atoms with E-state index < -0.39 is 11.6 Å². The Labute approximate surface area is 106 Å². The van der Waals surface area contributed by atoms with Gasteiger partial charge in [-0.15, -0.1) is 0 Å². The molecule has 96 valence electrons. The van der Waals surface area contributed by atoms with Crippen LogP contribution in [0.3, 0.4) is 0 Å². The molecule has 0 bridgehead atoms. The molecule has 1 aromatic rings. The van der Waals surface area contributed by atoms with Crippen LogP contribution < -0.4 is 5.32 Å². The standard InChI is InChI=1S/C12H17ClF2N2/c1-3-16-4-5-17(2)8-9-6-12(15)10(13)7-11(9)14/h6-7,16H,3-5,8H2,1-2H3. The highest BCUT2D eigenvalue weighted by atomic mass is 35.5. The van der Waals surface area contributed by atoms with E-state index in [1.165, 1.54) is 0 Å². The molecular formula is C12H17ClF2N2. The SMILES string of the molecule is CCNCCN(C)Cc1cc(F)c(Cl)cc1F. The highest BCUT2D eigenvalue weighted by Gasteiger charge is 2.10. The van der Waals surface area contributed by atoms with Crippen molar-refractivity contribution in [1.82, 2.24) is 10.2 Å². The monoisotopic (exact) mass is 262 g/mol. The van der Waals surface area contributed by atoms with Gasteiger partial charge in [-0.3, -0.25) is 0 Å². The van der Waals surface area contributed by atoms with E-state index in [4.69, 9.17) is 11.6 Å². The minimum Gasteiger partial charge on any atom is -0.316 e.